The van der Waals surface area contributed by atoms with E-state index in [4.69, 9.17) is 0 Å². The Bertz CT molecular complexity index is 452. The van der Waals surface area contributed by atoms with Crippen molar-refractivity contribution >= 4 is 15.9 Å². The Labute approximate surface area is 104 Å². The van der Waals surface area contributed by atoms with Gasteiger partial charge in [0.25, 0.3) is 0 Å². The van der Waals surface area contributed by atoms with E-state index in [-0.39, 0.29) is 0 Å². The molecule has 1 aromatic heterocycles. The largest absolute Gasteiger partial charge is 0.333 e. The van der Waals surface area contributed by atoms with Crippen LogP contribution in [-0.4, -0.2) is 9.55 Å². The molecule has 0 N–H and O–H groups in total. The van der Waals surface area contributed by atoms with Gasteiger partial charge in [-0.1, -0.05) is 37.6 Å². The van der Waals surface area contributed by atoms with E-state index in [0.29, 0.717) is 0 Å². The average Bonchev–Trinajstić information content (AvgIpc) is 2.61. The van der Waals surface area contributed by atoms with Gasteiger partial charge in [-0.05, 0) is 27.9 Å². The Kier molecular flexibility index (Phi) is 3.44. The van der Waals surface area contributed by atoms with Crippen molar-refractivity contribution in [2.75, 3.05) is 0 Å². The van der Waals surface area contributed by atoms with E-state index in [0.717, 1.165) is 16.7 Å². The molecule has 0 amide bonds. The van der Waals surface area contributed by atoms with Crippen molar-refractivity contribution in [3.8, 4) is 11.3 Å². The van der Waals surface area contributed by atoms with Gasteiger partial charge in [0.05, 0.1) is 12.0 Å². The van der Waals surface area contributed by atoms with Crippen LogP contribution in [0.5, 0.6) is 0 Å². The lowest BCUT2D eigenvalue weighted by Crippen LogP contribution is -1.90. The van der Waals surface area contributed by atoms with E-state index in [1.54, 1.807) is 0 Å². The predicted molar refractivity (Wildman–Crippen MR) is 70.3 cm³/mol. The summed E-state index contributed by atoms with van der Waals surface area (Å²) in [5, 5.41) is 0. The fourth-order valence-corrected chi connectivity index (χ4v) is 2.44. The van der Waals surface area contributed by atoms with Gasteiger partial charge < -0.3 is 4.57 Å². The molecule has 0 fully saturated rings. The Morgan fingerprint density at radius 2 is 1.94 bits per heavy atom. The number of hydrogen-bond acceptors (Lipinski definition) is 1. The second kappa shape index (κ2) is 4.83. The summed E-state index contributed by atoms with van der Waals surface area (Å²) in [7, 11) is 2.01. The molecule has 1 aromatic carbocycles. The molecule has 3 heteroatoms. The third kappa shape index (κ3) is 2.19. The van der Waals surface area contributed by atoms with Gasteiger partial charge in [-0.25, -0.2) is 4.98 Å². The van der Waals surface area contributed by atoms with Gasteiger partial charge in [-0.15, -0.1) is 0 Å². The van der Waals surface area contributed by atoms with Crippen LogP contribution in [0.2, 0.25) is 0 Å². The lowest BCUT2D eigenvalue weighted by Gasteiger charge is -2.05. The summed E-state index contributed by atoms with van der Waals surface area (Å²) in [5.41, 5.74) is 3.72. The highest BCUT2D eigenvalue weighted by atomic mass is 79.9. The summed E-state index contributed by atoms with van der Waals surface area (Å²) >= 11 is 3.47. The maximum absolute atomic E-state index is 4.23. The highest BCUT2D eigenvalue weighted by Gasteiger charge is 2.08. The van der Waals surface area contributed by atoms with Crippen molar-refractivity contribution in [1.29, 1.82) is 0 Å². The molecule has 0 aliphatic heterocycles. The van der Waals surface area contributed by atoms with Crippen LogP contribution < -0.4 is 0 Å². The Morgan fingerprint density at radius 1 is 1.25 bits per heavy atom. The first-order valence-corrected chi connectivity index (χ1v) is 6.27. The van der Waals surface area contributed by atoms with E-state index >= 15 is 0 Å². The molecular formula is C13H15BrN2. The predicted octanol–water partition coefficient (Wildman–Crippen LogP) is 3.80. The summed E-state index contributed by atoms with van der Waals surface area (Å²) in [6.07, 6.45) is 4.15. The second-order valence-corrected chi connectivity index (χ2v) is 4.69. The van der Waals surface area contributed by atoms with Crippen LogP contribution in [0.1, 0.15) is 18.9 Å². The minimum Gasteiger partial charge on any atom is -0.333 e. The number of benzene rings is 1. The molecule has 0 radical (unpaired) electrons. The number of imidazole rings is 1. The molecule has 2 rings (SSSR count). The average molecular weight is 279 g/mol. The van der Waals surface area contributed by atoms with Crippen LogP contribution in [-0.2, 0) is 13.5 Å². The van der Waals surface area contributed by atoms with Gasteiger partial charge in [0.15, 0.2) is 0 Å². The van der Waals surface area contributed by atoms with Gasteiger partial charge in [-0.2, -0.15) is 0 Å². The van der Waals surface area contributed by atoms with Crippen LogP contribution >= 0.6 is 15.9 Å². The van der Waals surface area contributed by atoms with Crippen LogP contribution in [0, 0.1) is 0 Å². The number of hydrogen-bond donors (Lipinski definition) is 0. The van der Waals surface area contributed by atoms with E-state index in [9.17, 15) is 0 Å². The third-order valence-corrected chi connectivity index (χ3v) is 3.24. The Balaban J connectivity index is 2.35. The number of aryl methyl sites for hydroxylation is 2. The lowest BCUT2D eigenvalue weighted by molar-refractivity contribution is 0.915. The topological polar surface area (TPSA) is 17.8 Å². The van der Waals surface area contributed by atoms with Crippen LogP contribution in [0.15, 0.2) is 35.2 Å². The summed E-state index contributed by atoms with van der Waals surface area (Å²) < 4.78 is 2.93. The maximum Gasteiger partial charge on any atom is 0.132 e. The van der Waals surface area contributed by atoms with E-state index in [1.165, 1.54) is 17.5 Å². The molecule has 0 unspecified atom stereocenters. The zero-order chi connectivity index (χ0) is 11.5. The van der Waals surface area contributed by atoms with Crippen molar-refractivity contribution in [3.63, 3.8) is 0 Å². The summed E-state index contributed by atoms with van der Waals surface area (Å²) in [6.45, 7) is 2.20. The van der Waals surface area contributed by atoms with Crippen molar-refractivity contribution in [1.82, 2.24) is 9.55 Å². The quantitative estimate of drug-likeness (QED) is 0.835. The van der Waals surface area contributed by atoms with Gasteiger partial charge in [-0.3, -0.25) is 0 Å². The monoisotopic (exact) mass is 278 g/mol. The first-order valence-electron chi connectivity index (χ1n) is 5.48. The molecule has 0 spiro atoms. The SMILES string of the molecule is CCCc1ccc(-c2c(Br)ncn2C)cc1. The molecular weight excluding hydrogens is 264 g/mol. The highest BCUT2D eigenvalue weighted by Crippen LogP contribution is 2.26. The minimum atomic E-state index is 0.901. The molecule has 2 aromatic rings. The molecule has 84 valence electrons. The molecule has 0 saturated heterocycles. The van der Waals surface area contributed by atoms with Crippen molar-refractivity contribution in [2.24, 2.45) is 7.05 Å². The number of halogens is 1. The van der Waals surface area contributed by atoms with Gasteiger partial charge >= 0.3 is 0 Å². The Hall–Kier alpha value is -1.09. The van der Waals surface area contributed by atoms with E-state index in [1.807, 2.05) is 17.9 Å². The van der Waals surface area contributed by atoms with Crippen LogP contribution in [0.3, 0.4) is 0 Å². The van der Waals surface area contributed by atoms with Crippen molar-refractivity contribution in [3.05, 3.63) is 40.8 Å². The fourth-order valence-electron chi connectivity index (χ4n) is 1.84. The van der Waals surface area contributed by atoms with Crippen molar-refractivity contribution < 1.29 is 0 Å². The zero-order valence-electron chi connectivity index (χ0n) is 9.57. The minimum absolute atomic E-state index is 0.901. The molecule has 1 heterocycles. The molecule has 2 nitrogen and oxygen atoms in total. The molecule has 0 atom stereocenters. The number of aromatic nitrogens is 2. The first kappa shape index (κ1) is 11.4. The fraction of sp³-hybridized carbons (Fsp3) is 0.308. The lowest BCUT2D eigenvalue weighted by atomic mass is 10.1. The van der Waals surface area contributed by atoms with E-state index < -0.39 is 0 Å². The first-order chi connectivity index (χ1) is 7.72. The molecule has 16 heavy (non-hydrogen) atoms. The maximum atomic E-state index is 4.23. The summed E-state index contributed by atoms with van der Waals surface area (Å²) in [5.74, 6) is 0. The number of nitrogens with zero attached hydrogens (tertiary/aromatic N) is 2. The standard InChI is InChI=1S/C13H15BrN2/c1-3-4-10-5-7-11(8-6-10)12-13(14)15-9-16(12)2/h5-9H,3-4H2,1-2H3. The third-order valence-electron chi connectivity index (χ3n) is 2.66. The van der Waals surface area contributed by atoms with E-state index in [2.05, 4.69) is 52.1 Å². The normalized spacial score (nSPS) is 10.7. The smallest absolute Gasteiger partial charge is 0.132 e. The van der Waals surface area contributed by atoms with Crippen molar-refractivity contribution in [2.45, 2.75) is 19.8 Å². The zero-order valence-corrected chi connectivity index (χ0v) is 11.2. The summed E-state index contributed by atoms with van der Waals surface area (Å²) in [6, 6.07) is 8.70. The van der Waals surface area contributed by atoms with Crippen LogP contribution in [0.25, 0.3) is 11.3 Å². The summed E-state index contributed by atoms with van der Waals surface area (Å²) in [4.78, 5) is 4.23. The molecule has 0 saturated carbocycles. The van der Waals surface area contributed by atoms with Crippen LogP contribution in [0.4, 0.5) is 0 Å². The molecule has 0 aliphatic carbocycles. The van der Waals surface area contributed by atoms with Gasteiger partial charge in [0.2, 0.25) is 0 Å². The molecule has 0 aliphatic rings. The number of rotatable bonds is 3. The Morgan fingerprint density at radius 3 is 2.44 bits per heavy atom. The highest BCUT2D eigenvalue weighted by molar-refractivity contribution is 9.10. The van der Waals surface area contributed by atoms with Gasteiger partial charge in [0, 0.05) is 12.6 Å². The second-order valence-electron chi connectivity index (χ2n) is 3.94. The van der Waals surface area contributed by atoms with Gasteiger partial charge in [0.1, 0.15) is 4.60 Å². The molecule has 0 bridgehead atoms.